The molecule has 5 rings (SSSR count). The van der Waals surface area contributed by atoms with Crippen LogP contribution in [0.5, 0.6) is 0 Å². The minimum absolute atomic E-state index is 0.106. The predicted octanol–water partition coefficient (Wildman–Crippen LogP) is -0.592. The fourth-order valence-corrected chi connectivity index (χ4v) is 7.47. The molecular weight excluding hydrogens is 512 g/mol. The summed E-state index contributed by atoms with van der Waals surface area (Å²) in [6.45, 7) is 0.394. The third-order valence-electron chi connectivity index (χ3n) is 6.11. The average molecular weight is 535 g/mol. The largest absolute Gasteiger partial charge is 0.543 e. The standard InChI is InChI=1S/C21H22N6O5S3/c1-32-25-14(11-8-34-21(22)23-11)17(28)24-15-18(29)27-16(20(30)31)10(7-33-19(15)27)6-26-9-35-13-5-3-2-4-12(13)26/h8-9,15,19H,2-7H2,1H3,(H3-,22,23,24,28,30,31)/t15-,19+/m1/s1. The van der Waals surface area contributed by atoms with E-state index in [1.54, 1.807) is 16.7 Å². The number of nitrogen functional groups attached to an aromatic ring is 1. The molecule has 1 saturated heterocycles. The first-order valence-corrected chi connectivity index (χ1v) is 13.7. The molecule has 3 aliphatic rings. The molecule has 0 saturated carbocycles. The van der Waals surface area contributed by atoms with E-state index in [0.29, 0.717) is 17.9 Å². The first-order chi connectivity index (χ1) is 16.9. The summed E-state index contributed by atoms with van der Waals surface area (Å²) in [4.78, 5) is 49.4. The molecule has 11 nitrogen and oxygen atoms in total. The Labute approximate surface area is 212 Å². The van der Waals surface area contributed by atoms with Crippen LogP contribution in [0.2, 0.25) is 0 Å². The fraction of sp³-hybridized carbons (Fsp3) is 0.429. The Hall–Kier alpha value is -2.97. The monoisotopic (exact) mass is 534 g/mol. The summed E-state index contributed by atoms with van der Waals surface area (Å²) in [5.41, 5.74) is 9.54. The Morgan fingerprint density at radius 1 is 1.37 bits per heavy atom. The maximum atomic E-state index is 13.0. The highest BCUT2D eigenvalue weighted by Crippen LogP contribution is 2.40. The van der Waals surface area contributed by atoms with Gasteiger partial charge in [-0.25, -0.2) is 4.98 Å². The van der Waals surface area contributed by atoms with Gasteiger partial charge in [0.2, 0.25) is 5.51 Å². The highest BCUT2D eigenvalue weighted by atomic mass is 32.2. The lowest BCUT2D eigenvalue weighted by Gasteiger charge is -2.50. The van der Waals surface area contributed by atoms with Crippen LogP contribution in [0.15, 0.2) is 27.3 Å². The number of aryl methyl sites for hydroxylation is 1. The molecule has 2 atom stereocenters. The van der Waals surface area contributed by atoms with E-state index in [4.69, 9.17) is 10.6 Å². The molecule has 2 aliphatic heterocycles. The van der Waals surface area contributed by atoms with Crippen molar-refractivity contribution >= 4 is 63.1 Å². The van der Waals surface area contributed by atoms with Gasteiger partial charge in [0.05, 0.1) is 16.5 Å². The number of oxime groups is 1. The van der Waals surface area contributed by atoms with Crippen LogP contribution >= 0.6 is 34.4 Å². The van der Waals surface area contributed by atoms with Crippen LogP contribution in [-0.4, -0.2) is 57.7 Å². The number of thioether (sulfide) groups is 1. The van der Waals surface area contributed by atoms with Crippen molar-refractivity contribution in [2.45, 2.75) is 43.6 Å². The second-order valence-corrected chi connectivity index (χ2v) is 11.2. The number of β-lactam (4-membered cyclic amide) rings is 1. The predicted molar refractivity (Wildman–Crippen MR) is 128 cm³/mol. The molecule has 0 aromatic carbocycles. The van der Waals surface area contributed by atoms with Crippen LogP contribution in [0.25, 0.3) is 0 Å². The molecule has 1 fully saturated rings. The van der Waals surface area contributed by atoms with Gasteiger partial charge in [-0.3, -0.25) is 14.5 Å². The van der Waals surface area contributed by atoms with E-state index in [1.165, 1.54) is 40.8 Å². The van der Waals surface area contributed by atoms with E-state index in [2.05, 4.69) is 20.0 Å². The van der Waals surface area contributed by atoms with Gasteiger partial charge in [-0.1, -0.05) is 16.5 Å². The molecule has 184 valence electrons. The van der Waals surface area contributed by atoms with E-state index < -0.39 is 29.2 Å². The van der Waals surface area contributed by atoms with Crippen molar-refractivity contribution in [1.29, 1.82) is 0 Å². The number of amides is 2. The summed E-state index contributed by atoms with van der Waals surface area (Å²) < 4.78 is 2.09. The van der Waals surface area contributed by atoms with Crippen molar-refractivity contribution in [1.82, 2.24) is 15.2 Å². The number of anilines is 1. The second kappa shape index (κ2) is 9.59. The number of aromatic nitrogens is 2. The number of carboxylic acids is 1. The van der Waals surface area contributed by atoms with Gasteiger partial charge in [0, 0.05) is 23.1 Å². The molecule has 14 heteroatoms. The van der Waals surface area contributed by atoms with E-state index in [-0.39, 0.29) is 22.2 Å². The summed E-state index contributed by atoms with van der Waals surface area (Å²) in [7, 11) is 1.29. The number of nitrogens with zero attached hydrogens (tertiary/aromatic N) is 4. The third kappa shape index (κ3) is 4.29. The number of hydrogen-bond donors (Lipinski definition) is 2. The normalized spacial score (nSPS) is 21.8. The molecule has 2 amide bonds. The zero-order valence-electron chi connectivity index (χ0n) is 18.7. The number of aliphatic carboxylic acids is 1. The van der Waals surface area contributed by atoms with Crippen LogP contribution in [0.1, 0.15) is 29.1 Å². The SMILES string of the molecule is CON=C(C(=O)N[C@@H]1C(=O)N2C(C(=O)[O-])=C(C[n+]3csc4c3CCCC4)CS[C@@H]12)c1csc(N)n1. The minimum Gasteiger partial charge on any atom is -0.543 e. The molecule has 3 N–H and O–H groups in total. The van der Waals surface area contributed by atoms with Gasteiger partial charge in [-0.05, 0) is 19.3 Å². The van der Waals surface area contributed by atoms with Crippen molar-refractivity contribution in [3.05, 3.63) is 38.4 Å². The molecule has 1 aliphatic carbocycles. The van der Waals surface area contributed by atoms with Crippen LogP contribution in [0.3, 0.4) is 0 Å². The van der Waals surface area contributed by atoms with Gasteiger partial charge >= 0.3 is 0 Å². The molecule has 0 unspecified atom stereocenters. The molecule has 35 heavy (non-hydrogen) atoms. The first-order valence-electron chi connectivity index (χ1n) is 10.9. The van der Waals surface area contributed by atoms with Gasteiger partial charge in [-0.2, -0.15) is 4.57 Å². The van der Waals surface area contributed by atoms with Crippen molar-refractivity contribution in [2.24, 2.45) is 5.16 Å². The van der Waals surface area contributed by atoms with E-state index in [1.807, 2.05) is 5.51 Å². The second-order valence-electron chi connectivity index (χ2n) is 8.22. The molecular formula is C21H22N6O5S3. The number of thiazole rings is 2. The quantitative estimate of drug-likeness (QED) is 0.207. The Bertz CT molecular complexity index is 1270. The van der Waals surface area contributed by atoms with Gasteiger partial charge in [0.15, 0.2) is 23.1 Å². The Kier molecular flexibility index (Phi) is 6.51. The molecule has 0 radical (unpaired) electrons. The average Bonchev–Trinajstić information content (AvgIpc) is 3.46. The number of nitrogens with one attached hydrogen (secondary N) is 1. The summed E-state index contributed by atoms with van der Waals surface area (Å²) in [6.07, 6.45) is 4.29. The van der Waals surface area contributed by atoms with Crippen molar-refractivity contribution in [3.8, 4) is 0 Å². The van der Waals surface area contributed by atoms with Crippen molar-refractivity contribution in [2.75, 3.05) is 18.6 Å². The zero-order valence-corrected chi connectivity index (χ0v) is 21.1. The number of hydrogen-bond acceptors (Lipinski definition) is 11. The Morgan fingerprint density at radius 2 is 2.17 bits per heavy atom. The van der Waals surface area contributed by atoms with Crippen LogP contribution in [0.4, 0.5) is 5.13 Å². The number of carbonyl (C=O) groups excluding carboxylic acids is 3. The van der Waals surface area contributed by atoms with Crippen LogP contribution < -0.4 is 20.7 Å². The van der Waals surface area contributed by atoms with E-state index in [9.17, 15) is 19.5 Å². The van der Waals surface area contributed by atoms with Crippen molar-refractivity contribution < 1.29 is 28.9 Å². The highest BCUT2D eigenvalue weighted by Gasteiger charge is 2.53. The molecule has 2 aromatic heterocycles. The molecule has 2 aromatic rings. The minimum atomic E-state index is -1.40. The summed E-state index contributed by atoms with van der Waals surface area (Å²) in [5.74, 6) is -2.17. The summed E-state index contributed by atoms with van der Waals surface area (Å²) in [5, 5.41) is 19.7. The number of carboxylic acid groups (broad SMARTS) is 1. The first kappa shape index (κ1) is 23.8. The van der Waals surface area contributed by atoms with Gasteiger partial charge in [-0.15, -0.1) is 23.1 Å². The fourth-order valence-electron chi connectivity index (χ4n) is 4.52. The number of fused-ring (bicyclic) bond motifs is 2. The lowest BCUT2D eigenvalue weighted by molar-refractivity contribution is -0.692. The highest BCUT2D eigenvalue weighted by molar-refractivity contribution is 8.00. The van der Waals surface area contributed by atoms with E-state index >= 15 is 0 Å². The van der Waals surface area contributed by atoms with Gasteiger partial charge in [0.1, 0.15) is 24.2 Å². The smallest absolute Gasteiger partial charge is 0.276 e. The molecule has 4 heterocycles. The Morgan fingerprint density at radius 3 is 2.89 bits per heavy atom. The molecule has 0 bridgehead atoms. The van der Waals surface area contributed by atoms with Gasteiger partial charge in [0.25, 0.3) is 11.8 Å². The summed E-state index contributed by atoms with van der Waals surface area (Å²) in [6, 6.07) is -0.914. The summed E-state index contributed by atoms with van der Waals surface area (Å²) >= 11 is 4.23. The lowest BCUT2D eigenvalue weighted by Crippen LogP contribution is -2.71. The van der Waals surface area contributed by atoms with Gasteiger partial charge < -0.3 is 25.8 Å². The topological polar surface area (TPSA) is 154 Å². The zero-order chi connectivity index (χ0) is 24.7. The lowest BCUT2D eigenvalue weighted by atomic mass is 10.0. The number of rotatable bonds is 7. The number of nitrogens with two attached hydrogens (primary N) is 1. The number of carbonyl (C=O) groups is 3. The Balaban J connectivity index is 1.35. The molecule has 0 spiro atoms. The van der Waals surface area contributed by atoms with E-state index in [0.717, 1.165) is 30.6 Å². The van der Waals surface area contributed by atoms with Crippen LogP contribution in [0, 0.1) is 0 Å². The maximum Gasteiger partial charge on any atom is 0.276 e. The van der Waals surface area contributed by atoms with Crippen LogP contribution in [-0.2, 0) is 38.6 Å². The third-order valence-corrected chi connectivity index (χ3v) is 9.21. The van der Waals surface area contributed by atoms with Crippen molar-refractivity contribution in [3.63, 3.8) is 0 Å². The maximum absolute atomic E-state index is 13.0.